The van der Waals surface area contributed by atoms with E-state index in [1.54, 1.807) is 18.2 Å². The number of nitrogens with two attached hydrogens (primary N) is 1. The third kappa shape index (κ3) is 3.53. The van der Waals surface area contributed by atoms with Crippen molar-refractivity contribution in [3.8, 4) is 11.5 Å². The fourth-order valence-electron chi connectivity index (χ4n) is 1.63. The minimum atomic E-state index is -4.37. The molecule has 0 spiro atoms. The van der Waals surface area contributed by atoms with Crippen molar-refractivity contribution in [3.05, 3.63) is 23.8 Å². The quantitative estimate of drug-likeness (QED) is 0.887. The summed E-state index contributed by atoms with van der Waals surface area (Å²) < 4.78 is 47.1. The fraction of sp³-hybridized carbons (Fsp3) is 0.500. The van der Waals surface area contributed by atoms with Gasteiger partial charge in [-0.3, -0.25) is 0 Å². The Morgan fingerprint density at radius 3 is 2.39 bits per heavy atom. The molecule has 0 fully saturated rings. The van der Waals surface area contributed by atoms with Crippen molar-refractivity contribution in [1.29, 1.82) is 0 Å². The van der Waals surface area contributed by atoms with Crippen molar-refractivity contribution in [2.24, 2.45) is 5.73 Å². The number of hydrogen-bond donors (Lipinski definition) is 1. The van der Waals surface area contributed by atoms with E-state index < -0.39 is 12.2 Å². The highest BCUT2D eigenvalue weighted by atomic mass is 19.4. The number of alkyl halides is 3. The van der Waals surface area contributed by atoms with Crippen LogP contribution >= 0.6 is 0 Å². The minimum Gasteiger partial charge on any atom is -0.493 e. The summed E-state index contributed by atoms with van der Waals surface area (Å²) >= 11 is 0. The number of halogens is 3. The van der Waals surface area contributed by atoms with Crippen molar-refractivity contribution in [3.63, 3.8) is 0 Å². The lowest BCUT2D eigenvalue weighted by Crippen LogP contribution is -2.37. The molecule has 1 unspecified atom stereocenters. The number of ether oxygens (including phenoxy) is 2. The first kappa shape index (κ1) is 14.6. The normalized spacial score (nSPS) is 13.2. The zero-order valence-electron chi connectivity index (χ0n) is 10.3. The van der Waals surface area contributed by atoms with Gasteiger partial charge >= 0.3 is 6.18 Å². The van der Waals surface area contributed by atoms with E-state index in [0.29, 0.717) is 17.1 Å². The highest BCUT2D eigenvalue weighted by Gasteiger charge is 2.36. The average Bonchev–Trinajstić information content (AvgIpc) is 2.33. The van der Waals surface area contributed by atoms with Crippen LogP contribution < -0.4 is 15.2 Å². The van der Waals surface area contributed by atoms with Crippen LogP contribution in [0.2, 0.25) is 0 Å². The van der Waals surface area contributed by atoms with Crippen LogP contribution in [-0.2, 0) is 6.42 Å². The fourth-order valence-corrected chi connectivity index (χ4v) is 1.63. The zero-order chi connectivity index (χ0) is 13.8. The number of methoxy groups -OCH3 is 2. The van der Waals surface area contributed by atoms with Gasteiger partial charge in [-0.1, -0.05) is 12.1 Å². The zero-order valence-corrected chi connectivity index (χ0v) is 10.3. The van der Waals surface area contributed by atoms with E-state index in [4.69, 9.17) is 15.2 Å². The van der Waals surface area contributed by atoms with E-state index in [-0.39, 0.29) is 12.8 Å². The summed E-state index contributed by atoms with van der Waals surface area (Å²) in [7, 11) is 2.92. The maximum Gasteiger partial charge on any atom is 0.403 e. The van der Waals surface area contributed by atoms with Gasteiger partial charge in [-0.15, -0.1) is 0 Å². The largest absolute Gasteiger partial charge is 0.493 e. The standard InChI is InChI=1S/C12H16F3NO2/c1-17-9-5-3-4-8(11(9)18-2)6-7-10(16)12(13,14)15/h3-5,10H,6-7,16H2,1-2H3. The van der Waals surface area contributed by atoms with Gasteiger partial charge in [0.05, 0.1) is 14.2 Å². The lowest BCUT2D eigenvalue weighted by Gasteiger charge is -2.17. The molecule has 0 aromatic heterocycles. The van der Waals surface area contributed by atoms with Crippen molar-refractivity contribution >= 4 is 0 Å². The van der Waals surface area contributed by atoms with Gasteiger partial charge in [-0.2, -0.15) is 13.2 Å². The lowest BCUT2D eigenvalue weighted by molar-refractivity contribution is -0.148. The Hall–Kier alpha value is -1.43. The molecule has 1 rings (SSSR count). The molecule has 0 aliphatic carbocycles. The molecular weight excluding hydrogens is 247 g/mol. The number of hydrogen-bond acceptors (Lipinski definition) is 3. The van der Waals surface area contributed by atoms with E-state index in [9.17, 15) is 13.2 Å². The van der Waals surface area contributed by atoms with E-state index in [2.05, 4.69) is 0 Å². The van der Waals surface area contributed by atoms with Gasteiger partial charge in [0, 0.05) is 0 Å². The molecular formula is C12H16F3NO2. The van der Waals surface area contributed by atoms with Crippen LogP contribution in [-0.4, -0.2) is 26.4 Å². The van der Waals surface area contributed by atoms with Crippen molar-refractivity contribution in [2.45, 2.75) is 25.1 Å². The predicted molar refractivity (Wildman–Crippen MR) is 61.9 cm³/mol. The van der Waals surface area contributed by atoms with Gasteiger partial charge in [0.2, 0.25) is 0 Å². The molecule has 0 aliphatic rings. The van der Waals surface area contributed by atoms with E-state index in [0.717, 1.165) is 0 Å². The Balaban J connectivity index is 2.79. The number of para-hydroxylation sites is 1. The van der Waals surface area contributed by atoms with Crippen molar-refractivity contribution < 1.29 is 22.6 Å². The Morgan fingerprint density at radius 2 is 1.89 bits per heavy atom. The molecule has 2 N–H and O–H groups in total. The lowest BCUT2D eigenvalue weighted by atomic mass is 10.0. The first-order chi connectivity index (χ1) is 8.40. The summed E-state index contributed by atoms with van der Waals surface area (Å²) in [6.45, 7) is 0. The molecule has 0 amide bonds. The molecule has 3 nitrogen and oxygen atoms in total. The Kier molecular flexibility index (Phi) is 4.84. The van der Waals surface area contributed by atoms with Crippen molar-refractivity contribution in [1.82, 2.24) is 0 Å². The highest BCUT2D eigenvalue weighted by molar-refractivity contribution is 5.46. The van der Waals surface area contributed by atoms with E-state index >= 15 is 0 Å². The number of rotatable bonds is 5. The second-order valence-corrected chi connectivity index (χ2v) is 3.84. The number of benzene rings is 1. The summed E-state index contributed by atoms with van der Waals surface area (Å²) in [5.74, 6) is 0.949. The molecule has 0 saturated heterocycles. The molecule has 102 valence electrons. The Bertz CT molecular complexity index is 393. The van der Waals surface area contributed by atoms with Gasteiger partial charge in [0.15, 0.2) is 11.5 Å². The van der Waals surface area contributed by atoms with Gasteiger partial charge in [-0.25, -0.2) is 0 Å². The molecule has 0 heterocycles. The molecule has 0 bridgehead atoms. The van der Waals surface area contributed by atoms with Crippen LogP contribution in [0, 0.1) is 0 Å². The monoisotopic (exact) mass is 263 g/mol. The smallest absolute Gasteiger partial charge is 0.403 e. The Morgan fingerprint density at radius 1 is 1.22 bits per heavy atom. The third-order valence-electron chi connectivity index (χ3n) is 2.63. The summed E-state index contributed by atoms with van der Waals surface area (Å²) in [6, 6.07) is 3.26. The molecule has 0 radical (unpaired) electrons. The number of aryl methyl sites for hydroxylation is 1. The van der Waals surface area contributed by atoms with E-state index in [1.165, 1.54) is 14.2 Å². The SMILES string of the molecule is COc1cccc(CCC(N)C(F)(F)F)c1OC. The Labute approximate surface area is 104 Å². The summed E-state index contributed by atoms with van der Waals surface area (Å²) in [5, 5.41) is 0. The summed E-state index contributed by atoms with van der Waals surface area (Å²) in [6.07, 6.45) is -4.37. The third-order valence-corrected chi connectivity index (χ3v) is 2.63. The highest BCUT2D eigenvalue weighted by Crippen LogP contribution is 2.32. The van der Waals surface area contributed by atoms with Gasteiger partial charge in [-0.05, 0) is 24.5 Å². The molecule has 6 heteroatoms. The minimum absolute atomic E-state index is 0.182. The van der Waals surface area contributed by atoms with Crippen LogP contribution in [0.25, 0.3) is 0 Å². The maximum atomic E-state index is 12.3. The average molecular weight is 263 g/mol. The molecule has 0 saturated carbocycles. The van der Waals surface area contributed by atoms with Crippen LogP contribution in [0.1, 0.15) is 12.0 Å². The van der Waals surface area contributed by atoms with Crippen LogP contribution in [0.15, 0.2) is 18.2 Å². The van der Waals surface area contributed by atoms with Gasteiger partial charge in [0.1, 0.15) is 6.04 Å². The molecule has 18 heavy (non-hydrogen) atoms. The summed E-state index contributed by atoms with van der Waals surface area (Å²) in [5.41, 5.74) is 5.71. The topological polar surface area (TPSA) is 44.5 Å². The molecule has 0 aliphatic heterocycles. The van der Waals surface area contributed by atoms with Gasteiger partial charge < -0.3 is 15.2 Å². The van der Waals surface area contributed by atoms with E-state index in [1.807, 2.05) is 0 Å². The van der Waals surface area contributed by atoms with Crippen LogP contribution in [0.4, 0.5) is 13.2 Å². The molecule has 1 atom stereocenters. The second kappa shape index (κ2) is 5.95. The summed E-state index contributed by atoms with van der Waals surface area (Å²) in [4.78, 5) is 0. The molecule has 1 aromatic carbocycles. The van der Waals surface area contributed by atoms with Gasteiger partial charge in [0.25, 0.3) is 0 Å². The first-order valence-electron chi connectivity index (χ1n) is 5.42. The van der Waals surface area contributed by atoms with Crippen molar-refractivity contribution in [2.75, 3.05) is 14.2 Å². The second-order valence-electron chi connectivity index (χ2n) is 3.84. The molecule has 1 aromatic rings. The predicted octanol–water partition coefficient (Wildman–Crippen LogP) is 2.53. The first-order valence-corrected chi connectivity index (χ1v) is 5.42. The van der Waals surface area contributed by atoms with Crippen LogP contribution in [0.5, 0.6) is 11.5 Å². The van der Waals surface area contributed by atoms with Crippen LogP contribution in [0.3, 0.4) is 0 Å². The maximum absolute atomic E-state index is 12.3.